The first-order valence-corrected chi connectivity index (χ1v) is 6.17. The Bertz CT molecular complexity index is 666. The maximum atomic E-state index is 11.8. The van der Waals surface area contributed by atoms with Crippen LogP contribution in [0.2, 0.25) is 0 Å². The molecule has 2 rings (SSSR count). The number of aromatic carboxylic acids is 1. The van der Waals surface area contributed by atoms with Crippen LogP contribution in [0, 0.1) is 0 Å². The summed E-state index contributed by atoms with van der Waals surface area (Å²) < 4.78 is 25.8. The van der Waals surface area contributed by atoms with Crippen LogP contribution < -0.4 is 4.72 Å². The number of aromatic amines is 1. The van der Waals surface area contributed by atoms with E-state index in [0.29, 0.717) is 0 Å². The zero-order valence-corrected chi connectivity index (χ0v) is 9.68. The Morgan fingerprint density at radius 3 is 2.67 bits per heavy atom. The topological polar surface area (TPSA) is 125 Å². The average Bonchev–Trinajstić information content (AvgIpc) is 2.82. The van der Waals surface area contributed by atoms with Gasteiger partial charge in [-0.2, -0.15) is 8.42 Å². The molecule has 3 N–H and O–H groups in total. The van der Waals surface area contributed by atoms with Gasteiger partial charge in [-0.3, -0.25) is 9.71 Å². The summed E-state index contributed by atoms with van der Waals surface area (Å²) >= 11 is 0. The minimum Gasteiger partial charge on any atom is -0.478 e. The molecule has 0 aromatic carbocycles. The molecule has 0 fully saturated rings. The quantitative estimate of drug-likeness (QED) is 0.732. The van der Waals surface area contributed by atoms with Gasteiger partial charge in [-0.1, -0.05) is 0 Å². The minimum atomic E-state index is -3.81. The molecular formula is C9H8N4O4S. The number of hydrogen-bond acceptors (Lipinski definition) is 5. The van der Waals surface area contributed by atoms with Crippen LogP contribution in [-0.2, 0) is 10.0 Å². The lowest BCUT2D eigenvalue weighted by Crippen LogP contribution is -2.14. The molecule has 0 aliphatic heterocycles. The lowest BCUT2D eigenvalue weighted by atomic mass is 10.3. The summed E-state index contributed by atoms with van der Waals surface area (Å²) in [5.41, 5.74) is -0.0516. The number of hydrogen-bond donors (Lipinski definition) is 3. The number of aromatic nitrogens is 3. The summed E-state index contributed by atoms with van der Waals surface area (Å²) in [6, 6.07) is 1.17. The van der Waals surface area contributed by atoms with Crippen LogP contribution in [0.3, 0.4) is 0 Å². The molecule has 0 bridgehead atoms. The van der Waals surface area contributed by atoms with Crippen LogP contribution in [0.25, 0.3) is 0 Å². The number of carbonyl (C=O) groups is 1. The first kappa shape index (κ1) is 12.0. The molecule has 2 aromatic heterocycles. The van der Waals surface area contributed by atoms with Crippen LogP contribution >= 0.6 is 0 Å². The van der Waals surface area contributed by atoms with Crippen molar-refractivity contribution in [3.63, 3.8) is 0 Å². The molecule has 0 unspecified atom stereocenters. The van der Waals surface area contributed by atoms with Gasteiger partial charge in [0.05, 0.1) is 30.0 Å². The number of nitrogens with one attached hydrogen (secondary N) is 2. The Hall–Kier alpha value is -2.42. The third-order valence-electron chi connectivity index (χ3n) is 2.00. The van der Waals surface area contributed by atoms with Crippen LogP contribution in [0.15, 0.2) is 36.0 Å². The number of imidazole rings is 1. The number of H-pyrrole nitrogens is 1. The Labute approximate surface area is 102 Å². The predicted molar refractivity (Wildman–Crippen MR) is 60.6 cm³/mol. The molecule has 18 heavy (non-hydrogen) atoms. The van der Waals surface area contributed by atoms with Crippen molar-refractivity contribution in [1.29, 1.82) is 0 Å². The lowest BCUT2D eigenvalue weighted by Gasteiger charge is -2.05. The van der Waals surface area contributed by atoms with E-state index in [1.54, 1.807) is 0 Å². The van der Waals surface area contributed by atoms with E-state index in [0.717, 1.165) is 12.4 Å². The standard InChI is InChI=1S/C9H8N4O4S/c14-9(15)6-1-7(3-10-2-6)13-18(16,17)8-4-11-5-12-8/h1-5,13H,(H,11,12)(H,14,15). The Morgan fingerprint density at radius 2 is 2.06 bits per heavy atom. The van der Waals surface area contributed by atoms with Crippen LogP contribution in [0.1, 0.15) is 10.4 Å². The van der Waals surface area contributed by atoms with Crippen molar-refractivity contribution in [3.8, 4) is 0 Å². The second kappa shape index (κ2) is 4.45. The first-order chi connectivity index (χ1) is 8.49. The van der Waals surface area contributed by atoms with E-state index in [1.165, 1.54) is 18.6 Å². The van der Waals surface area contributed by atoms with E-state index in [4.69, 9.17) is 5.11 Å². The summed E-state index contributed by atoms with van der Waals surface area (Å²) in [7, 11) is -3.81. The number of nitrogens with zero attached hydrogens (tertiary/aromatic N) is 2. The summed E-state index contributed by atoms with van der Waals surface area (Å²) in [5.74, 6) is -1.19. The Kier molecular flexibility index (Phi) is 2.98. The number of rotatable bonds is 4. The molecule has 2 aromatic rings. The molecule has 0 aliphatic carbocycles. The Morgan fingerprint density at radius 1 is 1.28 bits per heavy atom. The van der Waals surface area contributed by atoms with Gasteiger partial charge in [0.1, 0.15) is 0 Å². The molecule has 2 heterocycles. The number of anilines is 1. The fourth-order valence-electron chi connectivity index (χ4n) is 1.21. The Balaban J connectivity index is 2.30. The molecule has 0 spiro atoms. The molecular weight excluding hydrogens is 260 g/mol. The molecule has 0 aliphatic rings. The normalized spacial score (nSPS) is 11.1. The maximum Gasteiger partial charge on any atom is 0.337 e. The molecule has 0 saturated heterocycles. The van der Waals surface area contributed by atoms with Gasteiger partial charge in [-0.15, -0.1) is 0 Å². The fourth-order valence-corrected chi connectivity index (χ4v) is 2.15. The molecule has 0 atom stereocenters. The lowest BCUT2D eigenvalue weighted by molar-refractivity contribution is 0.0696. The molecule has 0 amide bonds. The van der Waals surface area contributed by atoms with Crippen LogP contribution in [0.4, 0.5) is 5.69 Å². The van der Waals surface area contributed by atoms with E-state index in [1.807, 2.05) is 0 Å². The zero-order valence-electron chi connectivity index (χ0n) is 8.86. The van der Waals surface area contributed by atoms with Crippen molar-refractivity contribution in [2.45, 2.75) is 5.03 Å². The number of carboxylic acid groups (broad SMARTS) is 1. The van der Waals surface area contributed by atoms with Gasteiger partial charge in [0, 0.05) is 6.20 Å². The van der Waals surface area contributed by atoms with Crippen molar-refractivity contribution in [3.05, 3.63) is 36.5 Å². The molecule has 8 nitrogen and oxygen atoms in total. The van der Waals surface area contributed by atoms with Crippen molar-refractivity contribution >= 4 is 21.7 Å². The maximum absolute atomic E-state index is 11.8. The van der Waals surface area contributed by atoms with E-state index in [2.05, 4.69) is 19.7 Å². The van der Waals surface area contributed by atoms with Crippen LogP contribution in [0.5, 0.6) is 0 Å². The van der Waals surface area contributed by atoms with E-state index >= 15 is 0 Å². The van der Waals surface area contributed by atoms with Gasteiger partial charge >= 0.3 is 5.97 Å². The smallest absolute Gasteiger partial charge is 0.337 e. The highest BCUT2D eigenvalue weighted by Crippen LogP contribution is 2.14. The van der Waals surface area contributed by atoms with Crippen molar-refractivity contribution in [2.75, 3.05) is 4.72 Å². The number of sulfonamides is 1. The second-order valence-electron chi connectivity index (χ2n) is 3.29. The molecule has 0 radical (unpaired) electrons. The van der Waals surface area contributed by atoms with E-state index in [-0.39, 0.29) is 16.3 Å². The summed E-state index contributed by atoms with van der Waals surface area (Å²) in [4.78, 5) is 20.4. The van der Waals surface area contributed by atoms with Crippen molar-refractivity contribution in [2.24, 2.45) is 0 Å². The fraction of sp³-hybridized carbons (Fsp3) is 0. The number of pyridine rings is 1. The molecule has 0 saturated carbocycles. The SMILES string of the molecule is O=C(O)c1cncc(NS(=O)(=O)c2cnc[nH]2)c1. The van der Waals surface area contributed by atoms with Crippen LogP contribution in [-0.4, -0.2) is 34.4 Å². The summed E-state index contributed by atoms with van der Waals surface area (Å²) in [5, 5.41) is 8.64. The average molecular weight is 268 g/mol. The third-order valence-corrected chi connectivity index (χ3v) is 3.31. The van der Waals surface area contributed by atoms with Gasteiger partial charge < -0.3 is 10.1 Å². The first-order valence-electron chi connectivity index (χ1n) is 4.68. The number of carboxylic acids is 1. The van der Waals surface area contributed by atoms with Gasteiger partial charge in [0.15, 0.2) is 5.03 Å². The third kappa shape index (κ3) is 2.46. The molecule has 9 heteroatoms. The highest BCUT2D eigenvalue weighted by Gasteiger charge is 2.16. The van der Waals surface area contributed by atoms with Gasteiger partial charge in [-0.25, -0.2) is 9.78 Å². The van der Waals surface area contributed by atoms with E-state index in [9.17, 15) is 13.2 Å². The zero-order chi connectivity index (χ0) is 13.2. The van der Waals surface area contributed by atoms with E-state index < -0.39 is 16.0 Å². The predicted octanol–water partition coefficient (Wildman–Crippen LogP) is 0.304. The molecule has 94 valence electrons. The minimum absolute atomic E-state index is 0.0597. The van der Waals surface area contributed by atoms with Crippen molar-refractivity contribution in [1.82, 2.24) is 15.0 Å². The van der Waals surface area contributed by atoms with Gasteiger partial charge in [-0.05, 0) is 6.07 Å². The second-order valence-corrected chi connectivity index (χ2v) is 4.94. The highest BCUT2D eigenvalue weighted by molar-refractivity contribution is 7.92. The van der Waals surface area contributed by atoms with Gasteiger partial charge in [0.2, 0.25) is 0 Å². The van der Waals surface area contributed by atoms with Gasteiger partial charge in [0.25, 0.3) is 10.0 Å². The monoisotopic (exact) mass is 268 g/mol. The largest absolute Gasteiger partial charge is 0.478 e. The summed E-state index contributed by atoms with van der Waals surface area (Å²) in [6.45, 7) is 0. The van der Waals surface area contributed by atoms with Crippen molar-refractivity contribution < 1.29 is 18.3 Å². The summed E-state index contributed by atoms with van der Waals surface area (Å²) in [6.07, 6.45) is 4.69. The highest BCUT2D eigenvalue weighted by atomic mass is 32.2.